The number of nitrogens with one attached hydrogen (secondary N) is 1. The number of amides is 2. The second-order valence-corrected chi connectivity index (χ2v) is 6.36. The zero-order valence-electron chi connectivity index (χ0n) is 14.2. The van der Waals surface area contributed by atoms with Gasteiger partial charge in [0.2, 0.25) is 17.8 Å². The Morgan fingerprint density at radius 3 is 2.44 bits per heavy atom. The molecule has 25 heavy (non-hydrogen) atoms. The molecule has 1 aliphatic heterocycles. The van der Waals surface area contributed by atoms with E-state index in [1.54, 1.807) is 4.90 Å². The highest BCUT2D eigenvalue weighted by Crippen LogP contribution is 2.31. The Morgan fingerprint density at radius 2 is 1.84 bits per heavy atom. The Labute approximate surface area is 146 Å². The average molecular weight is 340 g/mol. The summed E-state index contributed by atoms with van der Waals surface area (Å²) < 4.78 is 5.62. The summed E-state index contributed by atoms with van der Waals surface area (Å²) in [5, 5.41) is 2.72. The monoisotopic (exact) mass is 340 g/mol. The molecular formula is C18H20N4O3. The quantitative estimate of drug-likeness (QED) is 0.924. The van der Waals surface area contributed by atoms with Crippen molar-refractivity contribution >= 4 is 17.8 Å². The van der Waals surface area contributed by atoms with Crippen LogP contribution in [0.5, 0.6) is 11.5 Å². The number of rotatable bonds is 4. The summed E-state index contributed by atoms with van der Waals surface area (Å²) in [6.07, 6.45) is 3.64. The molecule has 0 spiro atoms. The summed E-state index contributed by atoms with van der Waals surface area (Å²) in [5.41, 5.74) is -0.631. The van der Waals surface area contributed by atoms with Crippen molar-refractivity contribution in [3.63, 3.8) is 0 Å². The van der Waals surface area contributed by atoms with Gasteiger partial charge in [-0.05, 0) is 25.5 Å². The lowest BCUT2D eigenvalue weighted by atomic mass is 9.89. The summed E-state index contributed by atoms with van der Waals surface area (Å²) in [7, 11) is 0. The van der Waals surface area contributed by atoms with Gasteiger partial charge < -0.3 is 9.64 Å². The molecule has 1 atom stereocenters. The minimum absolute atomic E-state index is 0.0183. The molecule has 0 aliphatic carbocycles. The normalized spacial score (nSPS) is 19.5. The number of benzene rings is 1. The number of likely N-dealkylation sites (tertiary alicyclic amines) is 1. The van der Waals surface area contributed by atoms with Gasteiger partial charge in [-0.1, -0.05) is 18.2 Å². The van der Waals surface area contributed by atoms with E-state index in [9.17, 15) is 9.59 Å². The van der Waals surface area contributed by atoms with E-state index < -0.39 is 5.41 Å². The molecule has 3 rings (SSSR count). The Kier molecular flexibility index (Phi) is 4.65. The van der Waals surface area contributed by atoms with E-state index in [1.807, 2.05) is 37.3 Å². The molecule has 1 aromatic heterocycles. The highest BCUT2D eigenvalue weighted by Gasteiger charge is 2.41. The Bertz CT molecular complexity index is 764. The van der Waals surface area contributed by atoms with Crippen LogP contribution in [0, 0.1) is 5.41 Å². The molecule has 1 N–H and O–H groups in total. The van der Waals surface area contributed by atoms with Gasteiger partial charge in [0.1, 0.15) is 5.75 Å². The van der Waals surface area contributed by atoms with E-state index >= 15 is 0 Å². The predicted molar refractivity (Wildman–Crippen MR) is 92.2 cm³/mol. The first-order chi connectivity index (χ1) is 12.0. The zero-order valence-corrected chi connectivity index (χ0v) is 14.2. The molecule has 2 aromatic rings. The third-order valence-corrected chi connectivity index (χ3v) is 4.30. The zero-order chi connectivity index (χ0) is 17.9. The lowest BCUT2D eigenvalue weighted by Gasteiger charge is -2.22. The molecule has 2 amide bonds. The lowest BCUT2D eigenvalue weighted by Crippen LogP contribution is -2.37. The van der Waals surface area contributed by atoms with Crippen molar-refractivity contribution < 1.29 is 14.3 Å². The molecule has 0 saturated carbocycles. The standard InChI is InChI=1S/C18H20N4O3/c1-13(23)22-9-8-18(2,12-22)16(24)21-17-19-10-15(11-20-17)25-14-6-4-3-5-7-14/h3-7,10-11H,8-9,12H2,1-2H3,(H,19,20,21,24). The van der Waals surface area contributed by atoms with Crippen LogP contribution < -0.4 is 10.1 Å². The third kappa shape index (κ3) is 3.93. The molecule has 1 saturated heterocycles. The molecule has 1 aromatic carbocycles. The summed E-state index contributed by atoms with van der Waals surface area (Å²) in [6.45, 7) is 4.35. The molecule has 0 bridgehead atoms. The maximum Gasteiger partial charge on any atom is 0.234 e. The molecule has 0 radical (unpaired) electrons. The molecule has 2 heterocycles. The minimum atomic E-state index is -0.631. The molecule has 130 valence electrons. The maximum absolute atomic E-state index is 12.5. The van der Waals surface area contributed by atoms with Crippen LogP contribution in [-0.2, 0) is 9.59 Å². The highest BCUT2D eigenvalue weighted by atomic mass is 16.5. The van der Waals surface area contributed by atoms with Crippen molar-refractivity contribution in [2.45, 2.75) is 20.3 Å². The summed E-state index contributed by atoms with van der Waals surface area (Å²) in [6, 6.07) is 9.31. The van der Waals surface area contributed by atoms with Crippen molar-refractivity contribution in [3.05, 3.63) is 42.7 Å². The minimum Gasteiger partial charge on any atom is -0.454 e. The van der Waals surface area contributed by atoms with Gasteiger partial charge in [0.25, 0.3) is 0 Å². The van der Waals surface area contributed by atoms with Crippen molar-refractivity contribution in [3.8, 4) is 11.5 Å². The number of anilines is 1. The first-order valence-corrected chi connectivity index (χ1v) is 8.08. The number of carbonyl (C=O) groups excluding carboxylic acids is 2. The van der Waals surface area contributed by atoms with Gasteiger partial charge in [0.05, 0.1) is 17.8 Å². The fraction of sp³-hybridized carbons (Fsp3) is 0.333. The van der Waals surface area contributed by atoms with Gasteiger partial charge in [0, 0.05) is 20.0 Å². The van der Waals surface area contributed by atoms with E-state index in [1.165, 1.54) is 19.3 Å². The molecule has 1 fully saturated rings. The van der Waals surface area contributed by atoms with Gasteiger partial charge in [-0.15, -0.1) is 0 Å². The molecule has 7 heteroatoms. The van der Waals surface area contributed by atoms with Crippen molar-refractivity contribution in [2.75, 3.05) is 18.4 Å². The van der Waals surface area contributed by atoms with Crippen LogP contribution in [0.3, 0.4) is 0 Å². The number of ether oxygens (including phenoxy) is 1. The van der Waals surface area contributed by atoms with Crippen LogP contribution in [0.1, 0.15) is 20.3 Å². The second kappa shape index (κ2) is 6.88. The van der Waals surface area contributed by atoms with Crippen LogP contribution in [0.25, 0.3) is 0 Å². The fourth-order valence-electron chi connectivity index (χ4n) is 2.73. The largest absolute Gasteiger partial charge is 0.454 e. The molecular weight excluding hydrogens is 320 g/mol. The summed E-state index contributed by atoms with van der Waals surface area (Å²) in [4.78, 5) is 33.9. The summed E-state index contributed by atoms with van der Waals surface area (Å²) >= 11 is 0. The van der Waals surface area contributed by atoms with Crippen molar-refractivity contribution in [1.82, 2.24) is 14.9 Å². The van der Waals surface area contributed by atoms with Gasteiger partial charge in [-0.3, -0.25) is 14.9 Å². The molecule has 7 nitrogen and oxygen atoms in total. The van der Waals surface area contributed by atoms with Gasteiger partial charge >= 0.3 is 0 Å². The van der Waals surface area contributed by atoms with E-state index in [0.29, 0.717) is 31.0 Å². The van der Waals surface area contributed by atoms with E-state index in [0.717, 1.165) is 0 Å². The number of carbonyl (C=O) groups is 2. The maximum atomic E-state index is 12.5. The van der Waals surface area contributed by atoms with E-state index in [-0.39, 0.29) is 17.8 Å². The first-order valence-electron chi connectivity index (χ1n) is 8.08. The van der Waals surface area contributed by atoms with Crippen LogP contribution in [-0.4, -0.2) is 39.8 Å². The lowest BCUT2D eigenvalue weighted by molar-refractivity contribution is -0.129. The van der Waals surface area contributed by atoms with Crippen LogP contribution >= 0.6 is 0 Å². The van der Waals surface area contributed by atoms with Crippen LogP contribution in [0.2, 0.25) is 0 Å². The average Bonchev–Trinajstić information content (AvgIpc) is 3.02. The Morgan fingerprint density at radius 1 is 1.16 bits per heavy atom. The number of hydrogen-bond donors (Lipinski definition) is 1. The van der Waals surface area contributed by atoms with Crippen LogP contribution in [0.15, 0.2) is 42.7 Å². The van der Waals surface area contributed by atoms with E-state index in [4.69, 9.17) is 4.74 Å². The number of aromatic nitrogens is 2. The third-order valence-electron chi connectivity index (χ3n) is 4.30. The number of hydrogen-bond acceptors (Lipinski definition) is 5. The van der Waals surface area contributed by atoms with Gasteiger partial charge in [-0.25, -0.2) is 9.97 Å². The Balaban J connectivity index is 1.61. The smallest absolute Gasteiger partial charge is 0.234 e. The highest BCUT2D eigenvalue weighted by molar-refractivity contribution is 5.94. The topological polar surface area (TPSA) is 84.4 Å². The van der Waals surface area contributed by atoms with E-state index in [2.05, 4.69) is 15.3 Å². The van der Waals surface area contributed by atoms with Crippen molar-refractivity contribution in [1.29, 1.82) is 0 Å². The first kappa shape index (κ1) is 16.9. The van der Waals surface area contributed by atoms with Gasteiger partial charge in [0.15, 0.2) is 5.75 Å². The number of nitrogens with zero attached hydrogens (tertiary/aromatic N) is 3. The number of para-hydroxylation sites is 1. The van der Waals surface area contributed by atoms with Crippen LogP contribution in [0.4, 0.5) is 5.95 Å². The SMILES string of the molecule is CC(=O)N1CCC(C)(C(=O)Nc2ncc(Oc3ccccc3)cn2)C1. The second-order valence-electron chi connectivity index (χ2n) is 6.36. The molecule has 1 aliphatic rings. The Hall–Kier alpha value is -2.96. The van der Waals surface area contributed by atoms with Crippen molar-refractivity contribution in [2.24, 2.45) is 5.41 Å². The van der Waals surface area contributed by atoms with Gasteiger partial charge in [-0.2, -0.15) is 0 Å². The summed E-state index contributed by atoms with van der Waals surface area (Å²) in [5.74, 6) is 1.18. The molecule has 1 unspecified atom stereocenters. The fourth-order valence-corrected chi connectivity index (χ4v) is 2.73. The predicted octanol–water partition coefficient (Wildman–Crippen LogP) is 2.47.